The van der Waals surface area contributed by atoms with Crippen molar-refractivity contribution in [2.75, 3.05) is 26.7 Å². The van der Waals surface area contributed by atoms with Crippen LogP contribution in [0.5, 0.6) is 5.75 Å². The van der Waals surface area contributed by atoms with Crippen molar-refractivity contribution in [1.29, 1.82) is 0 Å². The fourth-order valence-electron chi connectivity index (χ4n) is 3.75. The molecule has 2 aromatic carbocycles. The molecule has 0 bridgehead atoms. The van der Waals surface area contributed by atoms with Crippen LogP contribution in [-0.4, -0.2) is 64.5 Å². The zero-order valence-electron chi connectivity index (χ0n) is 18.1. The number of aromatic nitrogens is 2. The first-order valence-electron chi connectivity index (χ1n) is 10.4. The lowest BCUT2D eigenvalue weighted by Crippen LogP contribution is -2.55. The third kappa shape index (κ3) is 5.12. The Balaban J connectivity index is 1.38. The maximum Gasteiger partial charge on any atom is 0.258 e. The van der Waals surface area contributed by atoms with Gasteiger partial charge in [-0.1, -0.05) is 34.4 Å². The van der Waals surface area contributed by atoms with Crippen LogP contribution in [0, 0.1) is 0 Å². The Morgan fingerprint density at radius 3 is 2.73 bits per heavy atom. The second-order valence-corrected chi connectivity index (χ2v) is 8.58. The molecule has 0 saturated carbocycles. The Bertz CT molecular complexity index is 1180. The molecule has 1 aliphatic heterocycles. The van der Waals surface area contributed by atoms with Gasteiger partial charge in [0.2, 0.25) is 5.91 Å². The second-order valence-electron chi connectivity index (χ2n) is 7.74. The van der Waals surface area contributed by atoms with Crippen LogP contribution < -0.4 is 4.74 Å². The largest absolute Gasteiger partial charge is 0.497 e. The smallest absolute Gasteiger partial charge is 0.258 e. The van der Waals surface area contributed by atoms with Gasteiger partial charge in [-0.3, -0.25) is 9.59 Å². The molecule has 3 aromatic rings. The van der Waals surface area contributed by atoms with Crippen LogP contribution in [0.25, 0.3) is 11.5 Å². The van der Waals surface area contributed by atoms with Gasteiger partial charge in [-0.25, -0.2) is 0 Å². The molecule has 0 N–H and O–H groups in total. The number of carbonyl (C=O) groups is 2. The van der Waals surface area contributed by atoms with Crippen LogP contribution in [-0.2, 0) is 11.2 Å². The zero-order valence-corrected chi connectivity index (χ0v) is 19.6. The van der Waals surface area contributed by atoms with E-state index in [0.717, 1.165) is 0 Å². The topological polar surface area (TPSA) is 88.8 Å². The van der Waals surface area contributed by atoms with E-state index >= 15 is 0 Å². The first kappa shape index (κ1) is 23.1. The van der Waals surface area contributed by atoms with Crippen LogP contribution in [0.15, 0.2) is 47.0 Å². The third-order valence-electron chi connectivity index (χ3n) is 5.50. The van der Waals surface area contributed by atoms with Gasteiger partial charge in [0.1, 0.15) is 5.75 Å². The first-order chi connectivity index (χ1) is 15.9. The number of halogens is 2. The second kappa shape index (κ2) is 9.80. The fourth-order valence-corrected chi connectivity index (χ4v) is 4.24. The van der Waals surface area contributed by atoms with Gasteiger partial charge in [0.15, 0.2) is 5.82 Å². The molecular weight excluding hydrogens is 467 g/mol. The number of benzene rings is 2. The number of hydrogen-bond acceptors (Lipinski definition) is 6. The lowest BCUT2D eigenvalue weighted by Gasteiger charge is -2.40. The summed E-state index contributed by atoms with van der Waals surface area (Å²) in [5, 5.41) is 4.71. The summed E-state index contributed by atoms with van der Waals surface area (Å²) in [5.41, 5.74) is 1.10. The zero-order chi connectivity index (χ0) is 23.5. The number of hydrogen-bond donors (Lipinski definition) is 0. The Kier molecular flexibility index (Phi) is 6.85. The van der Waals surface area contributed by atoms with E-state index in [-0.39, 0.29) is 24.3 Å². The van der Waals surface area contributed by atoms with Crippen molar-refractivity contribution in [3.05, 3.63) is 63.9 Å². The summed E-state index contributed by atoms with van der Waals surface area (Å²) in [4.78, 5) is 33.6. The summed E-state index contributed by atoms with van der Waals surface area (Å²) in [6.07, 6.45) is 0.0111. The van der Waals surface area contributed by atoms with Gasteiger partial charge in [-0.15, -0.1) is 0 Å². The van der Waals surface area contributed by atoms with Gasteiger partial charge in [0.05, 0.1) is 24.1 Å². The lowest BCUT2D eigenvalue weighted by atomic mass is 10.1. The highest BCUT2D eigenvalue weighted by Gasteiger charge is 2.31. The van der Waals surface area contributed by atoms with E-state index in [2.05, 4.69) is 10.1 Å². The van der Waals surface area contributed by atoms with Gasteiger partial charge >= 0.3 is 0 Å². The van der Waals surface area contributed by atoms with Crippen LogP contribution in [0.1, 0.15) is 23.1 Å². The predicted molar refractivity (Wildman–Crippen MR) is 124 cm³/mol. The minimum Gasteiger partial charge on any atom is -0.497 e. The maximum absolute atomic E-state index is 12.9. The SMILES string of the molecule is COc1cccc(-c2nc(CC(=O)N3CCN(C(=O)c4ccc(Cl)cc4Cl)C(C)C3)no2)c1. The van der Waals surface area contributed by atoms with Gasteiger partial charge in [-0.05, 0) is 43.3 Å². The summed E-state index contributed by atoms with van der Waals surface area (Å²) in [6.45, 7) is 3.10. The average Bonchev–Trinajstić information content (AvgIpc) is 3.27. The summed E-state index contributed by atoms with van der Waals surface area (Å²) in [5.74, 6) is 0.982. The number of rotatable bonds is 5. The lowest BCUT2D eigenvalue weighted by molar-refractivity contribution is -0.133. The van der Waals surface area contributed by atoms with E-state index in [9.17, 15) is 9.59 Å². The first-order valence-corrected chi connectivity index (χ1v) is 11.1. The quantitative estimate of drug-likeness (QED) is 0.539. The summed E-state index contributed by atoms with van der Waals surface area (Å²) >= 11 is 12.1. The van der Waals surface area contributed by atoms with Crippen molar-refractivity contribution in [2.24, 2.45) is 0 Å². The molecule has 1 aromatic heterocycles. The standard InChI is InChI=1S/C23H22Cl2N4O4/c1-14-13-28(8-9-29(14)23(31)18-7-6-16(24)11-19(18)25)21(30)12-20-26-22(33-27-20)15-4-3-5-17(10-15)32-2/h3-7,10-11,14H,8-9,12-13H2,1-2H3. The number of carbonyl (C=O) groups excluding carboxylic acids is 2. The number of methoxy groups -OCH3 is 1. The fraction of sp³-hybridized carbons (Fsp3) is 0.304. The Labute approximate surface area is 201 Å². The predicted octanol–water partition coefficient (Wildman–Crippen LogP) is 3.97. The molecule has 1 atom stereocenters. The molecule has 1 saturated heterocycles. The summed E-state index contributed by atoms with van der Waals surface area (Å²) < 4.78 is 10.5. The van der Waals surface area contributed by atoms with Crippen molar-refractivity contribution in [2.45, 2.75) is 19.4 Å². The molecule has 33 heavy (non-hydrogen) atoms. The van der Waals surface area contributed by atoms with E-state index in [4.69, 9.17) is 32.5 Å². The summed E-state index contributed by atoms with van der Waals surface area (Å²) in [6, 6.07) is 11.9. The van der Waals surface area contributed by atoms with Crippen molar-refractivity contribution in [3.63, 3.8) is 0 Å². The maximum atomic E-state index is 12.9. The molecule has 4 rings (SSSR count). The van der Waals surface area contributed by atoms with Gasteiger partial charge in [0.25, 0.3) is 11.8 Å². The molecule has 2 heterocycles. The average molecular weight is 489 g/mol. The normalized spacial score (nSPS) is 16.1. The van der Waals surface area contributed by atoms with Gasteiger partial charge in [-0.2, -0.15) is 4.98 Å². The molecule has 2 amide bonds. The molecule has 0 aliphatic carbocycles. The third-order valence-corrected chi connectivity index (χ3v) is 6.04. The number of ether oxygens (including phenoxy) is 1. The monoisotopic (exact) mass is 488 g/mol. The molecule has 1 unspecified atom stereocenters. The molecule has 0 radical (unpaired) electrons. The van der Waals surface area contributed by atoms with E-state index in [1.807, 2.05) is 25.1 Å². The van der Waals surface area contributed by atoms with Crippen molar-refractivity contribution >= 4 is 35.0 Å². The van der Waals surface area contributed by atoms with Crippen LogP contribution in [0.2, 0.25) is 10.0 Å². The van der Waals surface area contributed by atoms with Crippen molar-refractivity contribution in [3.8, 4) is 17.2 Å². The molecule has 1 aliphatic rings. The molecule has 0 spiro atoms. The Hall–Kier alpha value is -3.10. The highest BCUT2D eigenvalue weighted by Crippen LogP contribution is 2.25. The van der Waals surface area contributed by atoms with E-state index in [1.54, 1.807) is 41.2 Å². The van der Waals surface area contributed by atoms with Crippen LogP contribution in [0.3, 0.4) is 0 Å². The molecular formula is C23H22Cl2N4O4. The van der Waals surface area contributed by atoms with Gasteiger partial charge in [0, 0.05) is 36.3 Å². The highest BCUT2D eigenvalue weighted by atomic mass is 35.5. The van der Waals surface area contributed by atoms with E-state index < -0.39 is 0 Å². The number of nitrogens with zero attached hydrogens (tertiary/aromatic N) is 4. The number of amides is 2. The number of piperazine rings is 1. The van der Waals surface area contributed by atoms with E-state index in [0.29, 0.717) is 58.3 Å². The Morgan fingerprint density at radius 2 is 2.00 bits per heavy atom. The van der Waals surface area contributed by atoms with Crippen molar-refractivity contribution < 1.29 is 18.8 Å². The highest BCUT2D eigenvalue weighted by molar-refractivity contribution is 6.36. The molecule has 8 nitrogen and oxygen atoms in total. The minimum absolute atomic E-state index is 0.0111. The molecule has 10 heteroatoms. The van der Waals surface area contributed by atoms with E-state index in [1.165, 1.54) is 0 Å². The minimum atomic E-state index is -0.183. The van der Waals surface area contributed by atoms with Crippen LogP contribution >= 0.6 is 23.2 Å². The molecule has 172 valence electrons. The Morgan fingerprint density at radius 1 is 1.18 bits per heavy atom. The van der Waals surface area contributed by atoms with Gasteiger partial charge < -0.3 is 19.1 Å². The molecule has 1 fully saturated rings. The summed E-state index contributed by atoms with van der Waals surface area (Å²) in [7, 11) is 1.58. The van der Waals surface area contributed by atoms with Crippen LogP contribution in [0.4, 0.5) is 0 Å². The van der Waals surface area contributed by atoms with Crippen molar-refractivity contribution in [1.82, 2.24) is 19.9 Å².